The zero-order valence-corrected chi connectivity index (χ0v) is 13.1. The van der Waals surface area contributed by atoms with Crippen LogP contribution in [0.4, 0.5) is 4.39 Å². The Morgan fingerprint density at radius 3 is 2.52 bits per heavy atom. The molecule has 1 amide bonds. The van der Waals surface area contributed by atoms with E-state index in [1.807, 2.05) is 23.2 Å². The van der Waals surface area contributed by atoms with Crippen molar-refractivity contribution in [2.75, 3.05) is 6.61 Å². The summed E-state index contributed by atoms with van der Waals surface area (Å²) in [6.07, 6.45) is 0. The molecule has 0 aliphatic heterocycles. The van der Waals surface area contributed by atoms with Crippen molar-refractivity contribution in [3.05, 3.63) is 59.9 Å². The topological polar surface area (TPSA) is 84.5 Å². The largest absolute Gasteiger partial charge is 0.484 e. The van der Waals surface area contributed by atoms with Crippen molar-refractivity contribution in [3.63, 3.8) is 0 Å². The molecule has 0 radical (unpaired) electrons. The number of carbonyl (C=O) groups is 1. The molecule has 23 heavy (non-hydrogen) atoms. The van der Waals surface area contributed by atoms with Gasteiger partial charge in [0.05, 0.1) is 4.90 Å². The summed E-state index contributed by atoms with van der Waals surface area (Å²) in [4.78, 5) is 13.4. The van der Waals surface area contributed by atoms with Gasteiger partial charge in [-0.15, -0.1) is 4.83 Å². The van der Waals surface area contributed by atoms with Crippen LogP contribution in [0.15, 0.2) is 53.4 Å². The Bertz CT molecular complexity index is 791. The molecule has 6 nitrogen and oxygen atoms in total. The molecule has 0 aliphatic rings. The highest BCUT2D eigenvalue weighted by Crippen LogP contribution is 2.12. The number of hydrogen-bond acceptors (Lipinski definition) is 4. The Balaban J connectivity index is 1.87. The van der Waals surface area contributed by atoms with Crippen LogP contribution in [0.25, 0.3) is 0 Å². The van der Waals surface area contributed by atoms with Gasteiger partial charge in [0.2, 0.25) is 0 Å². The van der Waals surface area contributed by atoms with Crippen molar-refractivity contribution in [1.29, 1.82) is 0 Å². The predicted molar refractivity (Wildman–Crippen MR) is 81.5 cm³/mol. The number of amides is 1. The van der Waals surface area contributed by atoms with E-state index in [4.69, 9.17) is 4.74 Å². The average Bonchev–Trinajstić information content (AvgIpc) is 2.51. The summed E-state index contributed by atoms with van der Waals surface area (Å²) < 4.78 is 41.8. The van der Waals surface area contributed by atoms with Crippen molar-refractivity contribution in [3.8, 4) is 5.75 Å². The van der Waals surface area contributed by atoms with Gasteiger partial charge in [-0.2, -0.15) is 0 Å². The van der Waals surface area contributed by atoms with Crippen molar-refractivity contribution in [2.24, 2.45) is 0 Å². The molecule has 0 spiro atoms. The Morgan fingerprint density at radius 1 is 1.17 bits per heavy atom. The van der Waals surface area contributed by atoms with Crippen molar-refractivity contribution >= 4 is 15.9 Å². The van der Waals surface area contributed by atoms with E-state index in [9.17, 15) is 17.6 Å². The summed E-state index contributed by atoms with van der Waals surface area (Å²) in [7, 11) is -3.97. The molecule has 0 heterocycles. The van der Waals surface area contributed by atoms with E-state index in [0.29, 0.717) is 5.75 Å². The minimum absolute atomic E-state index is 0.168. The van der Waals surface area contributed by atoms with Gasteiger partial charge in [0, 0.05) is 0 Å². The van der Waals surface area contributed by atoms with Crippen LogP contribution in [0.1, 0.15) is 5.56 Å². The second-order valence-electron chi connectivity index (χ2n) is 4.71. The SMILES string of the molecule is Cc1cccc(OCC(=O)NNS(=O)(=O)c2ccc(F)cc2)c1. The molecule has 2 aromatic rings. The monoisotopic (exact) mass is 338 g/mol. The lowest BCUT2D eigenvalue weighted by Gasteiger charge is -2.09. The van der Waals surface area contributed by atoms with Gasteiger partial charge in [-0.25, -0.2) is 12.8 Å². The first-order valence-electron chi connectivity index (χ1n) is 6.62. The number of hydrazine groups is 1. The molecular formula is C15H15FN2O4S. The number of sulfonamides is 1. The smallest absolute Gasteiger partial charge is 0.272 e. The maximum Gasteiger partial charge on any atom is 0.272 e. The molecule has 0 aromatic heterocycles. The summed E-state index contributed by atoms with van der Waals surface area (Å²) in [6, 6.07) is 11.3. The molecular weight excluding hydrogens is 323 g/mol. The highest BCUT2D eigenvalue weighted by Gasteiger charge is 2.15. The van der Waals surface area contributed by atoms with Crippen LogP contribution in [0.5, 0.6) is 5.75 Å². The van der Waals surface area contributed by atoms with Crippen LogP contribution in [0.2, 0.25) is 0 Å². The Morgan fingerprint density at radius 2 is 1.87 bits per heavy atom. The molecule has 0 aliphatic carbocycles. The highest BCUT2D eigenvalue weighted by molar-refractivity contribution is 7.89. The van der Waals surface area contributed by atoms with Crippen LogP contribution in [-0.2, 0) is 14.8 Å². The third kappa shape index (κ3) is 5.04. The molecule has 0 bridgehead atoms. The maximum atomic E-state index is 12.8. The lowest BCUT2D eigenvalue weighted by Crippen LogP contribution is -2.43. The maximum absolute atomic E-state index is 12.8. The molecule has 122 valence electrons. The fourth-order valence-electron chi connectivity index (χ4n) is 1.69. The number of hydrogen-bond donors (Lipinski definition) is 2. The number of nitrogens with one attached hydrogen (secondary N) is 2. The second-order valence-corrected chi connectivity index (χ2v) is 6.40. The molecule has 8 heteroatoms. The summed E-state index contributed by atoms with van der Waals surface area (Å²) in [5, 5.41) is 0. The van der Waals surface area contributed by atoms with Gasteiger partial charge in [-0.1, -0.05) is 12.1 Å². The molecule has 2 aromatic carbocycles. The van der Waals surface area contributed by atoms with Gasteiger partial charge >= 0.3 is 0 Å². The normalized spacial score (nSPS) is 11.0. The zero-order chi connectivity index (χ0) is 16.9. The quantitative estimate of drug-likeness (QED) is 0.782. The van der Waals surface area contributed by atoms with Gasteiger partial charge in [0.25, 0.3) is 15.9 Å². The lowest BCUT2D eigenvalue weighted by molar-refractivity contribution is -0.123. The average molecular weight is 338 g/mol. The van der Waals surface area contributed by atoms with Crippen LogP contribution in [-0.4, -0.2) is 20.9 Å². The van der Waals surface area contributed by atoms with E-state index in [1.54, 1.807) is 18.2 Å². The fourth-order valence-corrected chi connectivity index (χ4v) is 2.55. The van der Waals surface area contributed by atoms with E-state index in [0.717, 1.165) is 29.8 Å². The molecule has 0 unspecified atom stereocenters. The molecule has 2 N–H and O–H groups in total. The number of ether oxygens (including phenoxy) is 1. The first kappa shape index (κ1) is 16.9. The Hall–Kier alpha value is -2.45. The highest BCUT2D eigenvalue weighted by atomic mass is 32.2. The van der Waals surface area contributed by atoms with Gasteiger partial charge in [-0.05, 0) is 48.9 Å². The summed E-state index contributed by atoms with van der Waals surface area (Å²) in [5.74, 6) is -0.724. The standard InChI is InChI=1S/C15H15FN2O4S/c1-11-3-2-4-13(9-11)22-10-15(19)17-18-23(20,21)14-7-5-12(16)6-8-14/h2-9,18H,10H2,1H3,(H,17,19). The number of benzene rings is 2. The third-order valence-corrected chi connectivity index (χ3v) is 4.07. The summed E-state index contributed by atoms with van der Waals surface area (Å²) in [5.41, 5.74) is 3.00. The first-order chi connectivity index (χ1) is 10.9. The van der Waals surface area contributed by atoms with E-state index in [-0.39, 0.29) is 11.5 Å². The summed E-state index contributed by atoms with van der Waals surface area (Å²) >= 11 is 0. The van der Waals surface area contributed by atoms with E-state index < -0.39 is 21.7 Å². The van der Waals surface area contributed by atoms with E-state index in [2.05, 4.69) is 0 Å². The first-order valence-corrected chi connectivity index (χ1v) is 8.11. The molecule has 0 fully saturated rings. The second kappa shape index (κ2) is 7.21. The predicted octanol–water partition coefficient (Wildman–Crippen LogP) is 1.52. The molecule has 0 saturated carbocycles. The molecule has 0 atom stereocenters. The van der Waals surface area contributed by atoms with E-state index >= 15 is 0 Å². The minimum Gasteiger partial charge on any atom is -0.484 e. The fraction of sp³-hybridized carbons (Fsp3) is 0.133. The number of rotatable bonds is 6. The molecule has 0 saturated heterocycles. The van der Waals surface area contributed by atoms with Crippen molar-refractivity contribution in [2.45, 2.75) is 11.8 Å². The third-order valence-electron chi connectivity index (χ3n) is 2.81. The minimum atomic E-state index is -3.97. The summed E-state index contributed by atoms with van der Waals surface area (Å²) in [6.45, 7) is 1.53. The van der Waals surface area contributed by atoms with Crippen molar-refractivity contribution in [1.82, 2.24) is 10.3 Å². The van der Waals surface area contributed by atoms with Gasteiger partial charge in [-0.3, -0.25) is 10.2 Å². The van der Waals surface area contributed by atoms with Crippen LogP contribution >= 0.6 is 0 Å². The van der Waals surface area contributed by atoms with Crippen molar-refractivity contribution < 1.29 is 22.3 Å². The number of aryl methyl sites for hydroxylation is 1. The van der Waals surface area contributed by atoms with E-state index in [1.165, 1.54) is 0 Å². The zero-order valence-electron chi connectivity index (χ0n) is 12.2. The lowest BCUT2D eigenvalue weighted by atomic mass is 10.2. The number of halogens is 1. The molecule has 2 rings (SSSR count). The number of carbonyl (C=O) groups excluding carboxylic acids is 1. The Kier molecular flexibility index (Phi) is 5.30. The van der Waals surface area contributed by atoms with Gasteiger partial charge in [0.15, 0.2) is 6.61 Å². The Labute approximate surface area is 133 Å². The van der Waals surface area contributed by atoms with Crippen LogP contribution in [0, 0.1) is 12.7 Å². The van der Waals surface area contributed by atoms with Gasteiger partial charge < -0.3 is 4.74 Å². The van der Waals surface area contributed by atoms with Gasteiger partial charge in [0.1, 0.15) is 11.6 Å². The van der Waals surface area contributed by atoms with Crippen LogP contribution < -0.4 is 15.0 Å². The van der Waals surface area contributed by atoms with Crippen LogP contribution in [0.3, 0.4) is 0 Å².